The summed E-state index contributed by atoms with van der Waals surface area (Å²) in [6, 6.07) is 2.04. The highest BCUT2D eigenvalue weighted by atomic mass is 35.5. The first-order chi connectivity index (χ1) is 8.29. The summed E-state index contributed by atoms with van der Waals surface area (Å²) in [5.74, 6) is 3.10. The van der Waals surface area contributed by atoms with E-state index in [-0.39, 0.29) is 20.5 Å². The number of carbonyl (C=O) groups is 1. The molecule has 1 aromatic rings. The second-order valence-electron chi connectivity index (χ2n) is 3.25. The molecule has 1 N–H and O–H groups in total. The maximum absolute atomic E-state index is 11.9. The van der Waals surface area contributed by atoms with E-state index in [1.54, 1.807) is 0 Å². The Morgan fingerprint density at radius 1 is 1.33 bits per heavy atom. The van der Waals surface area contributed by atoms with Crippen LogP contribution < -0.4 is 0 Å². The first-order valence-corrected chi connectivity index (χ1v) is 7.05. The predicted octanol–water partition coefficient (Wildman–Crippen LogP) is 2.49. The van der Waals surface area contributed by atoms with Gasteiger partial charge in [0.2, 0.25) is 0 Å². The molecule has 0 aliphatic heterocycles. The van der Waals surface area contributed by atoms with Crippen molar-refractivity contribution in [2.75, 3.05) is 5.75 Å². The highest BCUT2D eigenvalue weighted by Gasteiger charge is 2.21. The van der Waals surface area contributed by atoms with Gasteiger partial charge in [-0.25, -0.2) is 13.2 Å². The second-order valence-corrected chi connectivity index (χ2v) is 6.03. The quantitative estimate of drug-likeness (QED) is 0.871. The van der Waals surface area contributed by atoms with E-state index in [2.05, 4.69) is 11.8 Å². The van der Waals surface area contributed by atoms with Gasteiger partial charge >= 0.3 is 5.97 Å². The fraction of sp³-hybridized carbons (Fsp3) is 0.182. The monoisotopic (exact) mass is 306 g/mol. The maximum atomic E-state index is 11.9. The summed E-state index contributed by atoms with van der Waals surface area (Å²) in [5, 5.41) is 8.63. The van der Waals surface area contributed by atoms with Crippen LogP contribution in [0.4, 0.5) is 0 Å². The fourth-order valence-electron chi connectivity index (χ4n) is 1.18. The number of sulfone groups is 1. The third kappa shape index (κ3) is 3.16. The minimum atomic E-state index is -3.75. The third-order valence-corrected chi connectivity index (χ3v) is 4.30. The van der Waals surface area contributed by atoms with Crippen molar-refractivity contribution >= 4 is 39.0 Å². The molecule has 0 saturated heterocycles. The van der Waals surface area contributed by atoms with Crippen molar-refractivity contribution in [3.8, 4) is 11.8 Å². The Labute approximate surface area is 114 Å². The summed E-state index contributed by atoms with van der Waals surface area (Å²) in [5.41, 5.74) is -0.316. The van der Waals surface area contributed by atoms with Gasteiger partial charge in [0.15, 0.2) is 9.84 Å². The Kier molecular flexibility index (Phi) is 4.63. The molecule has 4 nitrogen and oxygen atoms in total. The summed E-state index contributed by atoms with van der Waals surface area (Å²) >= 11 is 11.4. The highest BCUT2D eigenvalue weighted by Crippen LogP contribution is 2.29. The first-order valence-electron chi connectivity index (χ1n) is 4.64. The van der Waals surface area contributed by atoms with E-state index in [0.29, 0.717) is 0 Å². The van der Waals surface area contributed by atoms with Gasteiger partial charge in [-0.15, -0.1) is 5.92 Å². The number of hydrogen-bond acceptors (Lipinski definition) is 3. The van der Waals surface area contributed by atoms with E-state index >= 15 is 0 Å². The van der Waals surface area contributed by atoms with Crippen LogP contribution in [0.1, 0.15) is 17.3 Å². The molecule has 0 unspecified atom stereocenters. The van der Waals surface area contributed by atoms with Crippen molar-refractivity contribution in [1.29, 1.82) is 0 Å². The number of rotatable bonds is 3. The molecular formula is C11H8Cl2O4S. The lowest BCUT2D eigenvalue weighted by Crippen LogP contribution is -2.08. The third-order valence-electron chi connectivity index (χ3n) is 2.03. The number of carboxylic acid groups (broad SMARTS) is 1. The number of benzene rings is 1. The lowest BCUT2D eigenvalue weighted by molar-refractivity contribution is 0.0697. The predicted molar refractivity (Wildman–Crippen MR) is 68.9 cm³/mol. The molecular weight excluding hydrogens is 299 g/mol. The molecule has 0 heterocycles. The molecule has 0 aliphatic rings. The van der Waals surface area contributed by atoms with Gasteiger partial charge in [-0.3, -0.25) is 0 Å². The Hall–Kier alpha value is -1.22. The molecule has 0 saturated carbocycles. The van der Waals surface area contributed by atoms with Gasteiger partial charge < -0.3 is 5.11 Å². The molecule has 1 rings (SSSR count). The fourth-order valence-corrected chi connectivity index (χ4v) is 3.14. The van der Waals surface area contributed by atoms with Crippen molar-refractivity contribution in [2.45, 2.75) is 11.8 Å². The molecule has 0 amide bonds. The van der Waals surface area contributed by atoms with Crippen LogP contribution in [0.5, 0.6) is 0 Å². The van der Waals surface area contributed by atoms with Crippen LogP contribution in [0.25, 0.3) is 0 Å². The van der Waals surface area contributed by atoms with Gasteiger partial charge in [-0.05, 0) is 19.1 Å². The van der Waals surface area contributed by atoms with E-state index in [0.717, 1.165) is 12.1 Å². The van der Waals surface area contributed by atoms with Gasteiger partial charge in [0.1, 0.15) is 5.75 Å². The van der Waals surface area contributed by atoms with E-state index in [9.17, 15) is 13.2 Å². The summed E-state index contributed by atoms with van der Waals surface area (Å²) in [6.07, 6.45) is 0. The molecule has 0 atom stereocenters. The first kappa shape index (κ1) is 14.8. The van der Waals surface area contributed by atoms with Gasteiger partial charge in [0.25, 0.3) is 0 Å². The SMILES string of the molecule is CC#CCS(=O)(=O)c1cc(C(=O)O)c(Cl)cc1Cl. The van der Waals surface area contributed by atoms with Gasteiger partial charge in [-0.2, -0.15) is 0 Å². The highest BCUT2D eigenvalue weighted by molar-refractivity contribution is 7.91. The zero-order chi connectivity index (χ0) is 13.9. The Balaban J connectivity index is 3.45. The summed E-state index contributed by atoms with van der Waals surface area (Å²) in [6.45, 7) is 1.50. The topological polar surface area (TPSA) is 71.4 Å². The molecule has 0 aromatic heterocycles. The Morgan fingerprint density at radius 3 is 2.44 bits per heavy atom. The number of carboxylic acids is 1. The summed E-state index contributed by atoms with van der Waals surface area (Å²) in [7, 11) is -3.75. The van der Waals surface area contributed by atoms with Gasteiger partial charge in [0, 0.05) is 0 Å². The molecule has 96 valence electrons. The average molecular weight is 307 g/mol. The zero-order valence-corrected chi connectivity index (χ0v) is 11.5. The van der Waals surface area contributed by atoms with Gasteiger partial charge in [-0.1, -0.05) is 29.1 Å². The molecule has 1 aromatic carbocycles. The Bertz CT molecular complexity index is 654. The van der Waals surface area contributed by atoms with E-state index in [1.165, 1.54) is 6.92 Å². The maximum Gasteiger partial charge on any atom is 0.337 e. The van der Waals surface area contributed by atoms with Crippen LogP contribution in [0, 0.1) is 11.8 Å². The minimum Gasteiger partial charge on any atom is -0.478 e. The van der Waals surface area contributed by atoms with E-state index < -0.39 is 21.6 Å². The molecule has 0 bridgehead atoms. The van der Waals surface area contributed by atoms with Crippen LogP contribution in [0.15, 0.2) is 17.0 Å². The van der Waals surface area contributed by atoms with Crippen molar-refractivity contribution in [3.05, 3.63) is 27.7 Å². The smallest absolute Gasteiger partial charge is 0.337 e. The Morgan fingerprint density at radius 2 is 1.94 bits per heavy atom. The minimum absolute atomic E-state index is 0.118. The van der Waals surface area contributed by atoms with Crippen LogP contribution >= 0.6 is 23.2 Å². The molecule has 7 heteroatoms. The van der Waals surface area contributed by atoms with Crippen molar-refractivity contribution in [1.82, 2.24) is 0 Å². The molecule has 0 aliphatic carbocycles. The lowest BCUT2D eigenvalue weighted by atomic mass is 10.2. The molecule has 0 fully saturated rings. The van der Waals surface area contributed by atoms with E-state index in [4.69, 9.17) is 28.3 Å². The van der Waals surface area contributed by atoms with E-state index in [1.807, 2.05) is 0 Å². The number of hydrogen-bond donors (Lipinski definition) is 1. The summed E-state index contributed by atoms with van der Waals surface area (Å²) in [4.78, 5) is 10.6. The van der Waals surface area contributed by atoms with Gasteiger partial charge in [0.05, 0.1) is 20.5 Å². The zero-order valence-electron chi connectivity index (χ0n) is 9.20. The van der Waals surface area contributed by atoms with Crippen LogP contribution in [0.3, 0.4) is 0 Å². The largest absolute Gasteiger partial charge is 0.478 e. The van der Waals surface area contributed by atoms with Crippen molar-refractivity contribution in [3.63, 3.8) is 0 Å². The average Bonchev–Trinajstić information content (AvgIpc) is 2.25. The van der Waals surface area contributed by atoms with Crippen molar-refractivity contribution < 1.29 is 18.3 Å². The lowest BCUT2D eigenvalue weighted by Gasteiger charge is -2.06. The summed E-state index contributed by atoms with van der Waals surface area (Å²) < 4.78 is 23.8. The molecule has 18 heavy (non-hydrogen) atoms. The molecule has 0 spiro atoms. The van der Waals surface area contributed by atoms with Crippen LogP contribution in [-0.4, -0.2) is 25.2 Å². The number of aromatic carboxylic acids is 1. The standard InChI is InChI=1S/C11H8Cl2O4S/c1-2-3-4-18(16,17)10-5-7(11(14)15)8(12)6-9(10)13/h5-6H,4H2,1H3,(H,14,15). The normalized spacial score (nSPS) is 10.6. The van der Waals surface area contributed by atoms with Crippen LogP contribution in [-0.2, 0) is 9.84 Å². The number of halogens is 2. The molecule has 0 radical (unpaired) electrons. The van der Waals surface area contributed by atoms with Crippen LogP contribution in [0.2, 0.25) is 10.0 Å². The second kappa shape index (κ2) is 5.61. The van der Waals surface area contributed by atoms with Crippen molar-refractivity contribution in [2.24, 2.45) is 0 Å².